The van der Waals surface area contributed by atoms with Crippen molar-refractivity contribution in [3.8, 4) is 0 Å². The van der Waals surface area contributed by atoms with Gasteiger partial charge in [0.25, 0.3) is 0 Å². The van der Waals surface area contributed by atoms with Crippen LogP contribution in [0.1, 0.15) is 24.5 Å². The molecule has 142 valence electrons. The predicted molar refractivity (Wildman–Crippen MR) is 117 cm³/mol. The minimum Gasteiger partial charge on any atom is -0.388 e. The normalized spacial score (nSPS) is 18.8. The summed E-state index contributed by atoms with van der Waals surface area (Å²) >= 11 is 6.13. The quantitative estimate of drug-likeness (QED) is 0.631. The van der Waals surface area contributed by atoms with Crippen LogP contribution in [0.25, 0.3) is 10.9 Å². The molecule has 3 nitrogen and oxygen atoms in total. The van der Waals surface area contributed by atoms with Crippen LogP contribution in [0.3, 0.4) is 0 Å². The van der Waals surface area contributed by atoms with Crippen molar-refractivity contribution in [3.63, 3.8) is 0 Å². The molecule has 0 radical (unpaired) electrons. The van der Waals surface area contributed by atoms with Crippen molar-refractivity contribution in [2.45, 2.75) is 26.7 Å². The van der Waals surface area contributed by atoms with Crippen molar-refractivity contribution in [1.29, 1.82) is 0 Å². The second-order valence-corrected chi connectivity index (χ2v) is 8.01. The highest BCUT2D eigenvalue weighted by atomic mass is 35.5. The highest BCUT2D eigenvalue weighted by Crippen LogP contribution is 2.31. The van der Waals surface area contributed by atoms with E-state index in [2.05, 4.69) is 53.7 Å². The first-order chi connectivity index (χ1) is 13.0. The molecule has 1 fully saturated rings. The Hall–Kier alpha value is -2.10. The third-order valence-electron chi connectivity index (χ3n) is 5.35. The van der Waals surface area contributed by atoms with Crippen molar-refractivity contribution < 1.29 is 0 Å². The summed E-state index contributed by atoms with van der Waals surface area (Å²) in [6, 6.07) is 16.4. The van der Waals surface area contributed by atoms with E-state index in [1.165, 1.54) is 22.9 Å². The Balaban J connectivity index is 0.000000159. The van der Waals surface area contributed by atoms with Crippen molar-refractivity contribution in [3.05, 3.63) is 70.9 Å². The molecule has 3 aromatic rings. The summed E-state index contributed by atoms with van der Waals surface area (Å²) in [6.07, 6.45) is 4.20. The first-order valence-electron chi connectivity index (χ1n) is 9.48. The van der Waals surface area contributed by atoms with Gasteiger partial charge in [0.05, 0.1) is 5.52 Å². The average Bonchev–Trinajstić information content (AvgIpc) is 3.12. The van der Waals surface area contributed by atoms with Gasteiger partial charge in [0.2, 0.25) is 0 Å². The van der Waals surface area contributed by atoms with Crippen LogP contribution in [-0.4, -0.2) is 25.1 Å². The van der Waals surface area contributed by atoms with Crippen molar-refractivity contribution in [2.24, 2.45) is 5.41 Å². The summed E-state index contributed by atoms with van der Waals surface area (Å²) in [4.78, 5) is 4.25. The fourth-order valence-corrected chi connectivity index (χ4v) is 3.74. The van der Waals surface area contributed by atoms with Gasteiger partial charge >= 0.3 is 0 Å². The second kappa shape index (κ2) is 8.73. The molecule has 0 spiro atoms. The standard InChI is InChI=1S/C13H18ClN.C10H10N2/c1-10-11(4-3-5-12(10)14)8-13(2)6-7-15-9-13;1-11-9-5-4-8-3-2-6-12-10(8)7-9/h3-5,15H,6-9H2,1-2H3;2-7,11H,1H3. The number of aromatic nitrogens is 1. The van der Waals surface area contributed by atoms with E-state index in [1.807, 2.05) is 37.5 Å². The molecule has 1 aromatic heterocycles. The maximum absolute atomic E-state index is 6.13. The molecule has 27 heavy (non-hydrogen) atoms. The number of fused-ring (bicyclic) bond motifs is 1. The van der Waals surface area contributed by atoms with E-state index in [-0.39, 0.29) is 0 Å². The maximum Gasteiger partial charge on any atom is 0.0722 e. The van der Waals surface area contributed by atoms with E-state index in [1.54, 1.807) is 0 Å². The fraction of sp³-hybridized carbons (Fsp3) is 0.348. The van der Waals surface area contributed by atoms with Crippen LogP contribution in [0.2, 0.25) is 5.02 Å². The van der Waals surface area contributed by atoms with Gasteiger partial charge in [0.1, 0.15) is 0 Å². The number of nitrogens with zero attached hydrogens (tertiary/aromatic N) is 1. The minimum absolute atomic E-state index is 0.412. The molecule has 0 bridgehead atoms. The molecule has 2 heterocycles. The van der Waals surface area contributed by atoms with E-state index in [4.69, 9.17) is 11.6 Å². The van der Waals surface area contributed by atoms with Gasteiger partial charge in [-0.25, -0.2) is 0 Å². The van der Waals surface area contributed by atoms with Gasteiger partial charge < -0.3 is 10.6 Å². The van der Waals surface area contributed by atoms with Crippen LogP contribution >= 0.6 is 11.6 Å². The van der Waals surface area contributed by atoms with Gasteiger partial charge in [-0.3, -0.25) is 4.98 Å². The predicted octanol–water partition coefficient (Wildman–Crippen LogP) is 5.47. The molecule has 1 atom stereocenters. The number of halogens is 1. The summed E-state index contributed by atoms with van der Waals surface area (Å²) in [5.41, 5.74) is 5.18. The molecule has 1 saturated heterocycles. The molecule has 1 aliphatic heterocycles. The lowest BCUT2D eigenvalue weighted by Gasteiger charge is -2.23. The molecule has 2 aromatic carbocycles. The van der Waals surface area contributed by atoms with Gasteiger partial charge in [-0.05, 0) is 67.1 Å². The zero-order valence-corrected chi connectivity index (χ0v) is 17.1. The Morgan fingerprint density at radius 2 is 2.04 bits per heavy atom. The van der Waals surface area contributed by atoms with Crippen molar-refractivity contribution in [1.82, 2.24) is 10.3 Å². The molecule has 0 amide bonds. The SMILES string of the molecule is CNc1ccc2cccnc2c1.Cc1c(Cl)cccc1CC1(C)CCNC1. The average molecular weight is 382 g/mol. The number of anilines is 1. The lowest BCUT2D eigenvalue weighted by atomic mass is 9.82. The monoisotopic (exact) mass is 381 g/mol. The molecular weight excluding hydrogens is 354 g/mol. The van der Waals surface area contributed by atoms with Gasteiger partial charge in [-0.2, -0.15) is 0 Å². The lowest BCUT2D eigenvalue weighted by Crippen LogP contribution is -2.23. The van der Waals surface area contributed by atoms with Gasteiger partial charge in [-0.15, -0.1) is 0 Å². The van der Waals surface area contributed by atoms with Gasteiger partial charge in [0, 0.05) is 35.9 Å². The van der Waals surface area contributed by atoms with Crippen LogP contribution in [0.4, 0.5) is 5.69 Å². The molecule has 0 saturated carbocycles. The Bertz CT molecular complexity index is 901. The van der Waals surface area contributed by atoms with Crippen molar-refractivity contribution in [2.75, 3.05) is 25.5 Å². The maximum atomic E-state index is 6.13. The number of pyridine rings is 1. The van der Waals surface area contributed by atoms with Crippen molar-refractivity contribution >= 4 is 28.2 Å². The highest BCUT2D eigenvalue weighted by molar-refractivity contribution is 6.31. The van der Waals surface area contributed by atoms with E-state index >= 15 is 0 Å². The molecule has 0 aliphatic carbocycles. The topological polar surface area (TPSA) is 37.0 Å². The summed E-state index contributed by atoms with van der Waals surface area (Å²) in [6.45, 7) is 6.74. The third kappa shape index (κ3) is 5.00. The van der Waals surface area contributed by atoms with E-state index in [0.29, 0.717) is 5.41 Å². The molecule has 2 N–H and O–H groups in total. The van der Waals surface area contributed by atoms with E-state index < -0.39 is 0 Å². The van der Waals surface area contributed by atoms with Crippen LogP contribution in [-0.2, 0) is 6.42 Å². The Morgan fingerprint density at radius 3 is 2.78 bits per heavy atom. The van der Waals surface area contributed by atoms with E-state index in [9.17, 15) is 0 Å². The smallest absolute Gasteiger partial charge is 0.0722 e. The molecule has 1 unspecified atom stereocenters. The molecule has 4 heteroatoms. The largest absolute Gasteiger partial charge is 0.388 e. The number of hydrogen-bond acceptors (Lipinski definition) is 3. The van der Waals surface area contributed by atoms with Gasteiger partial charge in [0.15, 0.2) is 0 Å². The molecular formula is C23H28ClN3. The lowest BCUT2D eigenvalue weighted by molar-refractivity contribution is 0.362. The Morgan fingerprint density at radius 1 is 1.19 bits per heavy atom. The van der Waals surface area contributed by atoms with Crippen LogP contribution in [0.15, 0.2) is 54.7 Å². The molecule has 4 rings (SSSR count). The fourth-order valence-electron chi connectivity index (χ4n) is 3.54. The first-order valence-corrected chi connectivity index (χ1v) is 9.86. The number of rotatable bonds is 3. The number of hydrogen-bond donors (Lipinski definition) is 2. The first kappa shape index (κ1) is 19.7. The Labute approximate surface area is 167 Å². The zero-order chi connectivity index (χ0) is 19.3. The van der Waals surface area contributed by atoms with Crippen LogP contribution in [0, 0.1) is 12.3 Å². The summed E-state index contributed by atoms with van der Waals surface area (Å²) in [7, 11) is 1.91. The highest BCUT2D eigenvalue weighted by Gasteiger charge is 2.29. The minimum atomic E-state index is 0.412. The van der Waals surface area contributed by atoms with Gasteiger partial charge in [-0.1, -0.05) is 42.8 Å². The number of nitrogens with one attached hydrogen (secondary N) is 2. The molecule has 1 aliphatic rings. The summed E-state index contributed by atoms with van der Waals surface area (Å²) in [5, 5.41) is 8.58. The van der Waals surface area contributed by atoms with Crippen LogP contribution < -0.4 is 10.6 Å². The van der Waals surface area contributed by atoms with E-state index in [0.717, 1.165) is 35.7 Å². The Kier molecular flexibility index (Phi) is 6.35. The number of benzene rings is 2. The zero-order valence-electron chi connectivity index (χ0n) is 16.3. The third-order valence-corrected chi connectivity index (χ3v) is 5.76. The van der Waals surface area contributed by atoms with Crippen LogP contribution in [0.5, 0.6) is 0 Å². The summed E-state index contributed by atoms with van der Waals surface area (Å²) < 4.78 is 0. The second-order valence-electron chi connectivity index (χ2n) is 7.60. The summed E-state index contributed by atoms with van der Waals surface area (Å²) in [5.74, 6) is 0.